The number of amides is 1. The van der Waals surface area contributed by atoms with Gasteiger partial charge in [0.05, 0.1) is 19.1 Å². The van der Waals surface area contributed by atoms with E-state index in [1.807, 2.05) is 0 Å². The van der Waals surface area contributed by atoms with Crippen LogP contribution in [-0.2, 0) is 9.53 Å². The smallest absolute Gasteiger partial charge is 0.307 e. The van der Waals surface area contributed by atoms with Crippen molar-refractivity contribution in [2.45, 2.75) is 6.42 Å². The van der Waals surface area contributed by atoms with Crippen molar-refractivity contribution >= 4 is 33.5 Å². The normalized spacial score (nSPS) is 9.94. The summed E-state index contributed by atoms with van der Waals surface area (Å²) in [5, 5.41) is 0. The molecule has 0 bridgehead atoms. The number of nitrogen functional groups attached to an aromatic ring is 1. The summed E-state index contributed by atoms with van der Waals surface area (Å²) in [6.45, 7) is 0.298. The molecule has 98 valence electrons. The topological polar surface area (TPSA) is 72.6 Å². The highest BCUT2D eigenvalue weighted by Gasteiger charge is 2.16. The summed E-state index contributed by atoms with van der Waals surface area (Å²) in [4.78, 5) is 24.6. The molecule has 1 aromatic carbocycles. The van der Waals surface area contributed by atoms with E-state index in [1.165, 1.54) is 12.0 Å². The number of nitrogens with zero attached hydrogens (tertiary/aromatic N) is 1. The second-order valence-electron chi connectivity index (χ2n) is 3.79. The Labute approximate surface area is 114 Å². The lowest BCUT2D eigenvalue weighted by Crippen LogP contribution is -2.29. The maximum absolute atomic E-state index is 12.1. The van der Waals surface area contributed by atoms with Gasteiger partial charge < -0.3 is 15.4 Å². The molecule has 1 rings (SSSR count). The molecule has 0 aliphatic carbocycles. The number of ether oxygens (including phenoxy) is 1. The van der Waals surface area contributed by atoms with Crippen molar-refractivity contribution in [1.29, 1.82) is 0 Å². The molecule has 1 amide bonds. The molecule has 5 nitrogen and oxygen atoms in total. The first kappa shape index (κ1) is 14.5. The van der Waals surface area contributed by atoms with Gasteiger partial charge in [0, 0.05) is 23.8 Å². The lowest BCUT2D eigenvalue weighted by molar-refractivity contribution is -0.140. The van der Waals surface area contributed by atoms with Crippen LogP contribution in [-0.4, -0.2) is 37.5 Å². The summed E-state index contributed by atoms with van der Waals surface area (Å²) in [7, 11) is 2.94. The van der Waals surface area contributed by atoms with Gasteiger partial charge >= 0.3 is 5.97 Å². The summed E-state index contributed by atoms with van der Waals surface area (Å²) in [5.41, 5.74) is 6.63. The van der Waals surface area contributed by atoms with Crippen molar-refractivity contribution in [2.75, 3.05) is 26.4 Å². The van der Waals surface area contributed by atoms with Gasteiger partial charge in [0.2, 0.25) is 0 Å². The average Bonchev–Trinajstić information content (AvgIpc) is 2.37. The molecule has 18 heavy (non-hydrogen) atoms. The fourth-order valence-electron chi connectivity index (χ4n) is 1.38. The Kier molecular flexibility index (Phi) is 5.15. The number of carbonyl (C=O) groups excluding carboxylic acids is 2. The number of anilines is 1. The SMILES string of the molecule is COC(=O)CCN(C)C(=O)c1cc(N)ccc1Br. The van der Waals surface area contributed by atoms with Crippen molar-refractivity contribution < 1.29 is 14.3 Å². The number of halogens is 1. The fourth-order valence-corrected chi connectivity index (χ4v) is 1.79. The van der Waals surface area contributed by atoms with Crippen LogP contribution in [0, 0.1) is 0 Å². The zero-order valence-electron chi connectivity index (χ0n) is 10.3. The van der Waals surface area contributed by atoms with Crippen LogP contribution >= 0.6 is 15.9 Å². The molecule has 0 radical (unpaired) electrons. The van der Waals surface area contributed by atoms with Gasteiger partial charge in [0.1, 0.15) is 0 Å². The molecule has 2 N–H and O–H groups in total. The number of nitrogens with two attached hydrogens (primary N) is 1. The second-order valence-corrected chi connectivity index (χ2v) is 4.65. The van der Waals surface area contributed by atoms with Gasteiger partial charge in [-0.3, -0.25) is 9.59 Å². The first-order chi connectivity index (χ1) is 8.45. The number of benzene rings is 1. The Morgan fingerprint density at radius 3 is 2.72 bits per heavy atom. The van der Waals surface area contributed by atoms with E-state index >= 15 is 0 Å². The molecule has 0 aliphatic heterocycles. The summed E-state index contributed by atoms with van der Waals surface area (Å²) >= 11 is 3.30. The van der Waals surface area contributed by atoms with Crippen molar-refractivity contribution in [2.24, 2.45) is 0 Å². The molecule has 0 saturated heterocycles. The van der Waals surface area contributed by atoms with Gasteiger partial charge in [-0.05, 0) is 34.1 Å². The van der Waals surface area contributed by atoms with E-state index in [-0.39, 0.29) is 18.3 Å². The lowest BCUT2D eigenvalue weighted by atomic mass is 10.2. The van der Waals surface area contributed by atoms with Crippen molar-refractivity contribution in [3.05, 3.63) is 28.2 Å². The molecule has 0 aromatic heterocycles. The molecular weight excluding hydrogens is 300 g/mol. The maximum Gasteiger partial charge on any atom is 0.307 e. The third-order valence-corrected chi connectivity index (χ3v) is 3.14. The van der Waals surface area contributed by atoms with Crippen LogP contribution in [0.4, 0.5) is 5.69 Å². The van der Waals surface area contributed by atoms with Crippen LogP contribution in [0.2, 0.25) is 0 Å². The van der Waals surface area contributed by atoms with Crippen LogP contribution < -0.4 is 5.73 Å². The van der Waals surface area contributed by atoms with E-state index in [0.29, 0.717) is 22.3 Å². The van der Waals surface area contributed by atoms with Crippen LogP contribution in [0.15, 0.2) is 22.7 Å². The molecule has 0 saturated carbocycles. The Bertz CT molecular complexity index is 463. The lowest BCUT2D eigenvalue weighted by Gasteiger charge is -2.17. The fraction of sp³-hybridized carbons (Fsp3) is 0.333. The molecule has 0 fully saturated rings. The van der Waals surface area contributed by atoms with Gasteiger partial charge in [-0.15, -0.1) is 0 Å². The predicted octanol–water partition coefficient (Wildman–Crippen LogP) is 1.67. The minimum Gasteiger partial charge on any atom is -0.469 e. The van der Waals surface area contributed by atoms with Crippen molar-refractivity contribution in [3.8, 4) is 0 Å². The number of hydrogen-bond donors (Lipinski definition) is 1. The van der Waals surface area contributed by atoms with Crippen LogP contribution in [0.1, 0.15) is 16.8 Å². The van der Waals surface area contributed by atoms with Gasteiger partial charge in [0.25, 0.3) is 5.91 Å². The van der Waals surface area contributed by atoms with Gasteiger partial charge in [-0.2, -0.15) is 0 Å². The highest BCUT2D eigenvalue weighted by Crippen LogP contribution is 2.20. The number of rotatable bonds is 4. The number of carbonyl (C=O) groups is 2. The molecule has 0 atom stereocenters. The third-order valence-electron chi connectivity index (χ3n) is 2.45. The Hall–Kier alpha value is -1.56. The van der Waals surface area contributed by atoms with Crippen molar-refractivity contribution in [3.63, 3.8) is 0 Å². The Morgan fingerprint density at radius 2 is 2.11 bits per heavy atom. The number of methoxy groups -OCH3 is 1. The third kappa shape index (κ3) is 3.73. The van der Waals surface area contributed by atoms with Crippen LogP contribution in [0.3, 0.4) is 0 Å². The average molecular weight is 315 g/mol. The van der Waals surface area contributed by atoms with E-state index < -0.39 is 0 Å². The van der Waals surface area contributed by atoms with E-state index in [1.54, 1.807) is 25.2 Å². The molecule has 1 aromatic rings. The molecule has 0 unspecified atom stereocenters. The minimum atomic E-state index is -0.346. The Balaban J connectivity index is 2.74. The van der Waals surface area contributed by atoms with Gasteiger partial charge in [0.15, 0.2) is 0 Å². The van der Waals surface area contributed by atoms with Crippen molar-refractivity contribution in [1.82, 2.24) is 4.90 Å². The quantitative estimate of drug-likeness (QED) is 0.677. The van der Waals surface area contributed by atoms with Crippen LogP contribution in [0.5, 0.6) is 0 Å². The summed E-state index contributed by atoms with van der Waals surface area (Å²) in [6, 6.07) is 5.02. The van der Waals surface area contributed by atoms with Crippen LogP contribution in [0.25, 0.3) is 0 Å². The second kappa shape index (κ2) is 6.39. The highest BCUT2D eigenvalue weighted by atomic mass is 79.9. The van der Waals surface area contributed by atoms with E-state index in [0.717, 1.165) is 0 Å². The monoisotopic (exact) mass is 314 g/mol. The van der Waals surface area contributed by atoms with E-state index in [9.17, 15) is 9.59 Å². The first-order valence-electron chi connectivity index (χ1n) is 5.33. The maximum atomic E-state index is 12.1. The molecule has 0 aliphatic rings. The molecular formula is C12H15BrN2O3. The molecule has 0 heterocycles. The summed E-state index contributed by atoms with van der Waals surface area (Å²) in [6.07, 6.45) is 0.165. The zero-order chi connectivity index (χ0) is 13.7. The zero-order valence-corrected chi connectivity index (χ0v) is 11.9. The summed E-state index contributed by atoms with van der Waals surface area (Å²) in [5.74, 6) is -0.542. The number of esters is 1. The van der Waals surface area contributed by atoms with E-state index in [4.69, 9.17) is 5.73 Å². The standard InChI is InChI=1S/C12H15BrN2O3/c1-15(6-5-11(16)18-2)12(17)9-7-8(14)3-4-10(9)13/h3-4,7H,5-6,14H2,1-2H3. The Morgan fingerprint density at radius 1 is 1.44 bits per heavy atom. The minimum absolute atomic E-state index is 0.165. The predicted molar refractivity (Wildman–Crippen MR) is 72.1 cm³/mol. The van der Waals surface area contributed by atoms with E-state index in [2.05, 4.69) is 20.7 Å². The molecule has 0 spiro atoms. The molecule has 6 heteroatoms. The number of hydrogen-bond acceptors (Lipinski definition) is 4. The summed E-state index contributed by atoms with van der Waals surface area (Å²) < 4.78 is 5.20. The van der Waals surface area contributed by atoms with Gasteiger partial charge in [-0.1, -0.05) is 0 Å². The first-order valence-corrected chi connectivity index (χ1v) is 6.12. The highest BCUT2D eigenvalue weighted by molar-refractivity contribution is 9.10. The largest absolute Gasteiger partial charge is 0.469 e. The van der Waals surface area contributed by atoms with Gasteiger partial charge in [-0.25, -0.2) is 0 Å².